The van der Waals surface area contributed by atoms with Crippen LogP contribution in [-0.2, 0) is 9.22 Å². The molecule has 0 aromatic carbocycles. The summed E-state index contributed by atoms with van der Waals surface area (Å²) in [6.07, 6.45) is -1.86. The van der Waals surface area contributed by atoms with Gasteiger partial charge in [-0.1, -0.05) is 20.8 Å². The Morgan fingerprint density at radius 3 is 2.32 bits per heavy atom. The predicted octanol–water partition coefficient (Wildman–Crippen LogP) is 1.51. The van der Waals surface area contributed by atoms with E-state index in [0.717, 1.165) is 0 Å². The zero-order chi connectivity index (χ0) is 15.0. The number of hydrogen-bond acceptors (Lipinski definition) is 5. The highest BCUT2D eigenvalue weighted by atomic mass is 28.4. The molecule has 1 aliphatic carbocycles. The van der Waals surface area contributed by atoms with Crippen LogP contribution in [0.25, 0.3) is 0 Å². The number of ketones is 1. The fourth-order valence-corrected chi connectivity index (χ4v) is 3.06. The average Bonchev–Trinajstić information content (AvgIpc) is 2.28. The van der Waals surface area contributed by atoms with E-state index in [1.54, 1.807) is 0 Å². The molecule has 0 aromatic rings. The Labute approximate surface area is 115 Å². The molecular formula is C13H24O5Si. The van der Waals surface area contributed by atoms with E-state index in [0.29, 0.717) is 0 Å². The predicted molar refractivity (Wildman–Crippen MR) is 74.4 cm³/mol. The van der Waals surface area contributed by atoms with Crippen LogP contribution < -0.4 is 0 Å². The van der Waals surface area contributed by atoms with Gasteiger partial charge in [-0.25, -0.2) is 0 Å². The van der Waals surface area contributed by atoms with Crippen molar-refractivity contribution in [1.29, 1.82) is 0 Å². The number of rotatable bonds is 3. The van der Waals surface area contributed by atoms with Crippen LogP contribution in [0.3, 0.4) is 0 Å². The van der Waals surface area contributed by atoms with Crippen molar-refractivity contribution in [2.75, 3.05) is 6.61 Å². The van der Waals surface area contributed by atoms with Crippen LogP contribution in [0.2, 0.25) is 18.1 Å². The van der Waals surface area contributed by atoms with Crippen LogP contribution in [0.4, 0.5) is 0 Å². The molecule has 5 nitrogen and oxygen atoms in total. The molecule has 0 amide bonds. The van der Waals surface area contributed by atoms with Gasteiger partial charge in [0.25, 0.3) is 0 Å². The largest absolute Gasteiger partial charge is 0.504 e. The van der Waals surface area contributed by atoms with E-state index in [-0.39, 0.29) is 17.0 Å². The lowest BCUT2D eigenvalue weighted by Crippen LogP contribution is -2.51. The Kier molecular flexibility index (Phi) is 4.61. The second kappa shape index (κ2) is 5.36. The van der Waals surface area contributed by atoms with E-state index in [4.69, 9.17) is 9.53 Å². The molecule has 1 rings (SSSR count). The molecule has 2 atom stereocenters. The van der Waals surface area contributed by atoms with Gasteiger partial charge in [0.15, 0.2) is 14.1 Å². The van der Waals surface area contributed by atoms with E-state index < -0.39 is 38.7 Å². The van der Waals surface area contributed by atoms with Crippen molar-refractivity contribution in [2.24, 2.45) is 0 Å². The molecule has 0 saturated carbocycles. The third kappa shape index (κ3) is 3.25. The topological polar surface area (TPSA) is 87.0 Å². The quantitative estimate of drug-likeness (QED) is 0.685. The minimum absolute atomic E-state index is 0.0433. The summed E-state index contributed by atoms with van der Waals surface area (Å²) in [5, 5.41) is 28.6. The van der Waals surface area contributed by atoms with E-state index in [1.165, 1.54) is 0 Å². The number of carbonyl (C=O) groups excluding carboxylic acids is 1. The van der Waals surface area contributed by atoms with Crippen molar-refractivity contribution >= 4 is 14.1 Å². The first-order valence-electron chi connectivity index (χ1n) is 6.43. The van der Waals surface area contributed by atoms with E-state index in [1.807, 2.05) is 13.1 Å². The van der Waals surface area contributed by atoms with Crippen LogP contribution >= 0.6 is 0 Å². The molecule has 0 heterocycles. The highest BCUT2D eigenvalue weighted by Gasteiger charge is 2.44. The Bertz CT molecular complexity index is 394. The molecule has 19 heavy (non-hydrogen) atoms. The monoisotopic (exact) mass is 288 g/mol. The van der Waals surface area contributed by atoms with Gasteiger partial charge in [-0.05, 0) is 18.1 Å². The third-order valence-corrected chi connectivity index (χ3v) is 8.58. The second-order valence-corrected chi connectivity index (χ2v) is 11.3. The molecule has 0 radical (unpaired) electrons. The molecule has 110 valence electrons. The molecule has 1 aliphatic rings. The summed E-state index contributed by atoms with van der Waals surface area (Å²) in [4.78, 5) is 11.7. The lowest BCUT2D eigenvalue weighted by atomic mass is 9.92. The summed E-state index contributed by atoms with van der Waals surface area (Å²) in [5.74, 6) is -1.29. The van der Waals surface area contributed by atoms with Gasteiger partial charge in [0.2, 0.25) is 5.78 Å². The van der Waals surface area contributed by atoms with Gasteiger partial charge in [-0.2, -0.15) is 0 Å². The number of aliphatic hydroxyl groups excluding tert-OH is 3. The van der Waals surface area contributed by atoms with Gasteiger partial charge in [0.05, 0.1) is 12.7 Å². The molecule has 6 heteroatoms. The van der Waals surface area contributed by atoms with Gasteiger partial charge >= 0.3 is 0 Å². The summed E-state index contributed by atoms with van der Waals surface area (Å²) in [7, 11) is -2.13. The fourth-order valence-electron chi connectivity index (χ4n) is 1.74. The van der Waals surface area contributed by atoms with E-state index in [2.05, 4.69) is 20.8 Å². The third-order valence-electron chi connectivity index (χ3n) is 4.08. The van der Waals surface area contributed by atoms with E-state index in [9.17, 15) is 15.0 Å². The zero-order valence-corrected chi connectivity index (χ0v) is 13.2. The minimum atomic E-state index is -2.13. The summed E-state index contributed by atoms with van der Waals surface area (Å²) < 4.78 is 6.02. The maximum Gasteiger partial charge on any atom is 0.228 e. The van der Waals surface area contributed by atoms with Crippen molar-refractivity contribution in [1.82, 2.24) is 0 Å². The standard InChI is InChI=1S/C13H24O5Si/c1-13(2,3)19(4,5)18-9-6-8(7-14)10(15)12(17)11(9)16/h9,11,14-16H,6-7H2,1-5H3/t9-,11+/m0/s1. The molecule has 0 bridgehead atoms. The summed E-state index contributed by atoms with van der Waals surface area (Å²) in [6, 6.07) is 0. The van der Waals surface area contributed by atoms with Gasteiger partial charge < -0.3 is 19.7 Å². The molecule has 0 aromatic heterocycles. The molecule has 3 N–H and O–H groups in total. The lowest BCUT2D eigenvalue weighted by molar-refractivity contribution is -0.132. The van der Waals surface area contributed by atoms with Crippen molar-refractivity contribution in [3.05, 3.63) is 11.3 Å². The maximum atomic E-state index is 11.7. The normalized spacial score (nSPS) is 25.9. The fraction of sp³-hybridized carbons (Fsp3) is 0.769. The Hall–Kier alpha value is -0.693. The highest BCUT2D eigenvalue weighted by Crippen LogP contribution is 2.39. The van der Waals surface area contributed by atoms with Crippen molar-refractivity contribution in [2.45, 2.75) is 57.5 Å². The van der Waals surface area contributed by atoms with E-state index >= 15 is 0 Å². The van der Waals surface area contributed by atoms with Crippen LogP contribution in [0.5, 0.6) is 0 Å². The first-order chi connectivity index (χ1) is 8.51. The molecule has 0 saturated heterocycles. The smallest absolute Gasteiger partial charge is 0.228 e. The number of aliphatic hydroxyl groups is 3. The Morgan fingerprint density at radius 2 is 1.89 bits per heavy atom. The van der Waals surface area contributed by atoms with Gasteiger partial charge in [-0.3, -0.25) is 4.79 Å². The molecular weight excluding hydrogens is 264 g/mol. The van der Waals surface area contributed by atoms with Gasteiger partial charge in [-0.15, -0.1) is 0 Å². The molecule has 0 spiro atoms. The molecule has 0 fully saturated rings. The summed E-state index contributed by atoms with van der Waals surface area (Å²) in [6.45, 7) is 9.85. The highest BCUT2D eigenvalue weighted by molar-refractivity contribution is 6.74. The van der Waals surface area contributed by atoms with Gasteiger partial charge in [0.1, 0.15) is 6.10 Å². The minimum Gasteiger partial charge on any atom is -0.504 e. The first kappa shape index (κ1) is 16.4. The Balaban J connectivity index is 2.96. The number of Topliss-reactive ketones (excluding diaryl/α,β-unsaturated/α-hetero) is 1. The molecule has 0 aliphatic heterocycles. The molecule has 0 unspecified atom stereocenters. The van der Waals surface area contributed by atoms with Crippen molar-refractivity contribution < 1.29 is 24.5 Å². The Morgan fingerprint density at radius 1 is 1.37 bits per heavy atom. The maximum absolute atomic E-state index is 11.7. The number of hydrogen-bond donors (Lipinski definition) is 3. The van der Waals surface area contributed by atoms with Gasteiger partial charge in [0, 0.05) is 12.0 Å². The number of carbonyl (C=O) groups is 1. The second-order valence-electron chi connectivity index (χ2n) is 6.54. The lowest BCUT2D eigenvalue weighted by Gasteiger charge is -2.41. The van der Waals surface area contributed by atoms with Crippen molar-refractivity contribution in [3.8, 4) is 0 Å². The van der Waals surface area contributed by atoms with Crippen LogP contribution in [-0.4, -0.2) is 48.2 Å². The van der Waals surface area contributed by atoms with Crippen LogP contribution in [0, 0.1) is 0 Å². The van der Waals surface area contributed by atoms with Crippen LogP contribution in [0.1, 0.15) is 27.2 Å². The van der Waals surface area contributed by atoms with Crippen LogP contribution in [0.15, 0.2) is 11.3 Å². The summed E-state index contributed by atoms with van der Waals surface area (Å²) in [5.41, 5.74) is 0.235. The van der Waals surface area contributed by atoms with Crippen molar-refractivity contribution in [3.63, 3.8) is 0 Å². The average molecular weight is 288 g/mol. The SMILES string of the molecule is CC(C)(C)[Si](C)(C)O[C@H]1CC(CO)=C(O)C(=O)[C@@H]1O. The summed E-state index contributed by atoms with van der Waals surface area (Å²) >= 11 is 0. The zero-order valence-electron chi connectivity index (χ0n) is 12.2. The first-order valence-corrected chi connectivity index (χ1v) is 9.34.